The van der Waals surface area contributed by atoms with E-state index in [9.17, 15) is 4.79 Å². The number of nitrogens with zero attached hydrogens (tertiary/aromatic N) is 5. The fourth-order valence-corrected chi connectivity index (χ4v) is 4.04. The molecule has 0 spiro atoms. The molecule has 0 aliphatic heterocycles. The number of pyridine rings is 1. The Morgan fingerprint density at radius 2 is 1.77 bits per heavy atom. The third-order valence-electron chi connectivity index (χ3n) is 5.51. The molecular weight excluding hydrogens is 448 g/mol. The predicted molar refractivity (Wildman–Crippen MR) is 133 cm³/mol. The van der Waals surface area contributed by atoms with Gasteiger partial charge in [0.25, 0.3) is 5.56 Å². The number of hydrogen-bond acceptors (Lipinski definition) is 8. The summed E-state index contributed by atoms with van der Waals surface area (Å²) in [6, 6.07) is 5.11. The number of anilines is 1. The van der Waals surface area contributed by atoms with Crippen LogP contribution >= 0.6 is 0 Å². The molecule has 4 heterocycles. The maximum absolute atomic E-state index is 13.3. The van der Waals surface area contributed by atoms with Gasteiger partial charge in [0, 0.05) is 37.8 Å². The molecule has 0 amide bonds. The van der Waals surface area contributed by atoms with Crippen molar-refractivity contribution in [2.75, 3.05) is 18.5 Å². The normalized spacial score (nSPS) is 12.2. The Kier molecular flexibility index (Phi) is 5.81. The Labute approximate surface area is 200 Å². The first-order valence-electron chi connectivity index (χ1n) is 11.4. The SMILES string of the molecule is CCOc1cc2nc(-c3c(N[C@@H](C)c4ncccn4)c4nn(C)cc4[nH]c3=O)[nH]c2cc1OCC. The van der Waals surface area contributed by atoms with Gasteiger partial charge in [0.15, 0.2) is 11.5 Å². The number of aromatic amines is 2. The average molecular weight is 475 g/mol. The highest BCUT2D eigenvalue weighted by Gasteiger charge is 2.23. The topological polar surface area (TPSA) is 136 Å². The summed E-state index contributed by atoms with van der Waals surface area (Å²) in [5.41, 5.74) is 3.16. The van der Waals surface area contributed by atoms with E-state index in [4.69, 9.17) is 14.5 Å². The molecule has 0 fully saturated rings. The highest BCUT2D eigenvalue weighted by molar-refractivity contribution is 5.96. The zero-order valence-corrected chi connectivity index (χ0v) is 19.9. The minimum atomic E-state index is -0.303. The van der Waals surface area contributed by atoms with Crippen molar-refractivity contribution < 1.29 is 9.47 Å². The van der Waals surface area contributed by atoms with Crippen LogP contribution in [0.1, 0.15) is 32.6 Å². The van der Waals surface area contributed by atoms with Crippen LogP contribution in [0.2, 0.25) is 0 Å². The van der Waals surface area contributed by atoms with Crippen LogP contribution in [0.3, 0.4) is 0 Å². The van der Waals surface area contributed by atoms with Crippen molar-refractivity contribution in [3.8, 4) is 22.9 Å². The van der Waals surface area contributed by atoms with Crippen molar-refractivity contribution >= 4 is 27.8 Å². The van der Waals surface area contributed by atoms with E-state index in [1.807, 2.05) is 32.9 Å². The highest BCUT2D eigenvalue weighted by Crippen LogP contribution is 2.35. The first-order valence-corrected chi connectivity index (χ1v) is 11.4. The lowest BCUT2D eigenvalue weighted by Gasteiger charge is -2.16. The van der Waals surface area contributed by atoms with Crippen LogP contribution in [0.15, 0.2) is 41.6 Å². The molecule has 5 rings (SSSR count). The van der Waals surface area contributed by atoms with Gasteiger partial charge in [-0.05, 0) is 26.8 Å². The quantitative estimate of drug-likeness (QED) is 0.311. The molecular formula is C24H26N8O3. The van der Waals surface area contributed by atoms with E-state index in [1.165, 1.54) is 0 Å². The number of benzene rings is 1. The average Bonchev–Trinajstić information content (AvgIpc) is 3.42. The minimum absolute atomic E-state index is 0.291. The van der Waals surface area contributed by atoms with Gasteiger partial charge >= 0.3 is 0 Å². The van der Waals surface area contributed by atoms with Gasteiger partial charge in [-0.2, -0.15) is 5.10 Å². The fraction of sp³-hybridized carbons (Fsp3) is 0.292. The van der Waals surface area contributed by atoms with Crippen LogP contribution in [0, 0.1) is 0 Å². The number of aromatic nitrogens is 7. The van der Waals surface area contributed by atoms with Gasteiger partial charge < -0.3 is 24.8 Å². The highest BCUT2D eigenvalue weighted by atomic mass is 16.5. The molecule has 0 saturated carbocycles. The molecule has 0 saturated heterocycles. The molecule has 11 heteroatoms. The second kappa shape index (κ2) is 9.09. The second-order valence-corrected chi connectivity index (χ2v) is 8.01. The summed E-state index contributed by atoms with van der Waals surface area (Å²) in [6.07, 6.45) is 5.12. The molecule has 180 valence electrons. The zero-order chi connectivity index (χ0) is 24.5. The van der Waals surface area contributed by atoms with Crippen molar-refractivity contribution in [1.82, 2.24) is 34.7 Å². The van der Waals surface area contributed by atoms with Gasteiger partial charge in [-0.15, -0.1) is 0 Å². The van der Waals surface area contributed by atoms with E-state index in [1.54, 1.807) is 36.4 Å². The Morgan fingerprint density at radius 1 is 1.06 bits per heavy atom. The van der Waals surface area contributed by atoms with Crippen LogP contribution in [-0.4, -0.2) is 47.9 Å². The van der Waals surface area contributed by atoms with Gasteiger partial charge in [-0.3, -0.25) is 9.48 Å². The van der Waals surface area contributed by atoms with Crippen molar-refractivity contribution in [2.24, 2.45) is 7.05 Å². The largest absolute Gasteiger partial charge is 0.490 e. The van der Waals surface area contributed by atoms with Crippen LogP contribution in [0.5, 0.6) is 11.5 Å². The van der Waals surface area contributed by atoms with E-state index in [2.05, 4.69) is 30.4 Å². The van der Waals surface area contributed by atoms with Gasteiger partial charge in [0.1, 0.15) is 22.7 Å². The summed E-state index contributed by atoms with van der Waals surface area (Å²) in [4.78, 5) is 32.9. The van der Waals surface area contributed by atoms with E-state index in [0.29, 0.717) is 64.2 Å². The van der Waals surface area contributed by atoms with Crippen molar-refractivity contribution in [3.63, 3.8) is 0 Å². The zero-order valence-electron chi connectivity index (χ0n) is 19.9. The van der Waals surface area contributed by atoms with Crippen molar-refractivity contribution in [2.45, 2.75) is 26.8 Å². The summed E-state index contributed by atoms with van der Waals surface area (Å²) < 4.78 is 13.1. The number of fused-ring (bicyclic) bond motifs is 2. The van der Waals surface area contributed by atoms with Crippen molar-refractivity contribution in [1.29, 1.82) is 0 Å². The van der Waals surface area contributed by atoms with Crippen LogP contribution in [0.4, 0.5) is 5.69 Å². The lowest BCUT2D eigenvalue weighted by Crippen LogP contribution is -2.17. The number of aryl methyl sites for hydroxylation is 1. The standard InChI is InChI=1S/C24H26N8O3/c1-5-34-17-10-14-15(11-18(17)35-6-2)29-23(28-14)19-21(27-13(3)22-25-8-7-9-26-22)20-16(30-24(19)33)12-32(4)31-20/h7-13,27H,5-6H2,1-4H3,(H,28,29)(H,30,33)/t13-/m0/s1. The molecule has 0 aliphatic rings. The van der Waals surface area contributed by atoms with E-state index in [-0.39, 0.29) is 11.6 Å². The molecule has 1 aromatic carbocycles. The van der Waals surface area contributed by atoms with E-state index < -0.39 is 0 Å². The van der Waals surface area contributed by atoms with Crippen LogP contribution in [0.25, 0.3) is 33.5 Å². The number of H-pyrrole nitrogens is 2. The van der Waals surface area contributed by atoms with Gasteiger partial charge in [-0.25, -0.2) is 15.0 Å². The third kappa shape index (κ3) is 4.16. The maximum atomic E-state index is 13.3. The molecule has 4 aromatic heterocycles. The predicted octanol–water partition coefficient (Wildman–Crippen LogP) is 3.57. The maximum Gasteiger partial charge on any atom is 0.261 e. The number of ether oxygens (including phenoxy) is 2. The van der Waals surface area contributed by atoms with Crippen molar-refractivity contribution in [3.05, 3.63) is 53.0 Å². The lowest BCUT2D eigenvalue weighted by atomic mass is 10.1. The smallest absolute Gasteiger partial charge is 0.261 e. The minimum Gasteiger partial charge on any atom is -0.490 e. The Bertz CT molecular complexity index is 1510. The Hall–Kier alpha value is -4.41. The lowest BCUT2D eigenvalue weighted by molar-refractivity contribution is 0.288. The Balaban J connectivity index is 1.69. The molecule has 0 aliphatic carbocycles. The van der Waals surface area contributed by atoms with Gasteiger partial charge in [-0.1, -0.05) is 0 Å². The summed E-state index contributed by atoms with van der Waals surface area (Å²) in [7, 11) is 1.80. The summed E-state index contributed by atoms with van der Waals surface area (Å²) in [6.45, 7) is 6.74. The van der Waals surface area contributed by atoms with Gasteiger partial charge in [0.2, 0.25) is 0 Å². The van der Waals surface area contributed by atoms with Crippen LogP contribution < -0.4 is 20.3 Å². The van der Waals surface area contributed by atoms with E-state index >= 15 is 0 Å². The molecule has 5 aromatic rings. The molecule has 35 heavy (non-hydrogen) atoms. The molecule has 0 radical (unpaired) electrons. The summed E-state index contributed by atoms with van der Waals surface area (Å²) >= 11 is 0. The first kappa shape index (κ1) is 22.4. The number of imidazole rings is 1. The molecule has 1 atom stereocenters. The van der Waals surface area contributed by atoms with Crippen LogP contribution in [-0.2, 0) is 7.05 Å². The van der Waals surface area contributed by atoms with E-state index in [0.717, 1.165) is 5.52 Å². The van der Waals surface area contributed by atoms with Gasteiger partial charge in [0.05, 0.1) is 41.5 Å². The summed E-state index contributed by atoms with van der Waals surface area (Å²) in [5.74, 6) is 2.20. The number of rotatable bonds is 8. The number of hydrogen-bond donors (Lipinski definition) is 3. The first-order chi connectivity index (χ1) is 17.0. The molecule has 11 nitrogen and oxygen atoms in total. The second-order valence-electron chi connectivity index (χ2n) is 8.01. The third-order valence-corrected chi connectivity index (χ3v) is 5.51. The number of nitrogens with one attached hydrogen (secondary N) is 3. The molecule has 0 bridgehead atoms. The Morgan fingerprint density at radius 3 is 2.49 bits per heavy atom. The molecule has 0 unspecified atom stereocenters. The monoisotopic (exact) mass is 474 g/mol. The summed E-state index contributed by atoms with van der Waals surface area (Å²) in [5, 5.41) is 7.98. The fourth-order valence-electron chi connectivity index (χ4n) is 4.04. The molecule has 3 N–H and O–H groups in total.